The first-order chi connectivity index (χ1) is 13.6. The maximum absolute atomic E-state index is 12.8. The molecule has 2 saturated carbocycles. The number of imide groups is 1. The van der Waals surface area contributed by atoms with Gasteiger partial charge in [-0.3, -0.25) is 19.3 Å². The Morgan fingerprint density at radius 2 is 1.57 bits per heavy atom. The molecule has 148 valence electrons. The molecule has 1 aromatic carbocycles. The Kier molecular flexibility index (Phi) is 4.46. The van der Waals surface area contributed by atoms with Crippen molar-refractivity contribution in [3.05, 3.63) is 35.9 Å². The lowest BCUT2D eigenvalue weighted by molar-refractivity contribution is -0.917. The van der Waals surface area contributed by atoms with Crippen LogP contribution in [0.3, 0.4) is 0 Å². The van der Waals surface area contributed by atoms with Gasteiger partial charge in [0.15, 0.2) is 0 Å². The largest absolute Gasteiger partial charge is 0.330 e. The maximum atomic E-state index is 12.8. The lowest BCUT2D eigenvalue weighted by Gasteiger charge is -2.33. The number of likely N-dealkylation sites (tertiary alicyclic amines) is 1. The number of carbonyl (C=O) groups is 3. The summed E-state index contributed by atoms with van der Waals surface area (Å²) in [6.07, 6.45) is 3.17. The molecule has 0 unspecified atom stereocenters. The molecule has 2 saturated heterocycles. The Hall–Kier alpha value is -2.21. The number of piperazine rings is 1. The summed E-state index contributed by atoms with van der Waals surface area (Å²) in [4.78, 5) is 42.9. The van der Waals surface area contributed by atoms with Crippen LogP contribution >= 0.6 is 0 Å². The van der Waals surface area contributed by atoms with E-state index in [9.17, 15) is 14.4 Å². The summed E-state index contributed by atoms with van der Waals surface area (Å²) in [6.45, 7) is 4.09. The number of rotatable bonds is 4. The van der Waals surface area contributed by atoms with Gasteiger partial charge in [0.25, 0.3) is 0 Å². The fraction of sp³-hybridized carbons (Fsp3) is 0.591. The van der Waals surface area contributed by atoms with Gasteiger partial charge in [-0.25, -0.2) is 0 Å². The Bertz CT molecular complexity index is 759. The zero-order valence-corrected chi connectivity index (χ0v) is 16.2. The van der Waals surface area contributed by atoms with Crippen LogP contribution < -0.4 is 4.90 Å². The van der Waals surface area contributed by atoms with Crippen LogP contribution in [0.25, 0.3) is 0 Å². The van der Waals surface area contributed by atoms with Gasteiger partial charge in [0.1, 0.15) is 13.1 Å². The van der Waals surface area contributed by atoms with Crippen LogP contribution in [-0.2, 0) is 20.9 Å². The number of quaternary nitrogens is 1. The fourth-order valence-corrected chi connectivity index (χ4v) is 6.00. The number of fused-ring (bicyclic) bond motifs is 5. The van der Waals surface area contributed by atoms with Crippen molar-refractivity contribution in [2.24, 2.45) is 23.7 Å². The molecule has 1 N–H and O–H groups in total. The minimum absolute atomic E-state index is 0.0574. The molecule has 2 aliphatic heterocycles. The number of nitrogens with zero attached hydrogens (tertiary/aromatic N) is 2. The molecule has 6 nitrogen and oxygen atoms in total. The van der Waals surface area contributed by atoms with E-state index >= 15 is 0 Å². The van der Waals surface area contributed by atoms with E-state index in [0.29, 0.717) is 24.9 Å². The van der Waals surface area contributed by atoms with Crippen LogP contribution in [0.15, 0.2) is 30.3 Å². The molecule has 5 rings (SSSR count). The van der Waals surface area contributed by atoms with Gasteiger partial charge in [-0.1, -0.05) is 30.3 Å². The van der Waals surface area contributed by atoms with Gasteiger partial charge < -0.3 is 9.80 Å². The molecule has 2 bridgehead atoms. The van der Waals surface area contributed by atoms with E-state index in [4.69, 9.17) is 0 Å². The van der Waals surface area contributed by atoms with Crippen LogP contribution in [0, 0.1) is 23.7 Å². The van der Waals surface area contributed by atoms with Gasteiger partial charge in [-0.2, -0.15) is 0 Å². The molecular weight excluding hydrogens is 354 g/mol. The second-order valence-electron chi connectivity index (χ2n) is 8.94. The second-order valence-corrected chi connectivity index (χ2v) is 8.94. The van der Waals surface area contributed by atoms with Gasteiger partial charge in [0, 0.05) is 5.56 Å². The van der Waals surface area contributed by atoms with E-state index in [0.717, 1.165) is 38.9 Å². The highest BCUT2D eigenvalue weighted by atomic mass is 16.2. The van der Waals surface area contributed by atoms with E-state index in [2.05, 4.69) is 24.3 Å². The summed E-state index contributed by atoms with van der Waals surface area (Å²) in [7, 11) is 0. The van der Waals surface area contributed by atoms with Crippen LogP contribution in [0.1, 0.15) is 24.8 Å². The van der Waals surface area contributed by atoms with Crippen molar-refractivity contribution in [2.75, 3.05) is 32.7 Å². The average molecular weight is 382 g/mol. The van der Waals surface area contributed by atoms with Crippen molar-refractivity contribution in [1.82, 2.24) is 9.80 Å². The SMILES string of the molecule is O=C(CN1C(=O)[C@@H]2[C@H]3CC[C@@H](C3)[C@@H]2C1=O)N1CC[NH+](Cc2ccccc2)CC1. The first-order valence-electron chi connectivity index (χ1n) is 10.6. The van der Waals surface area contributed by atoms with Gasteiger partial charge in [0.2, 0.25) is 17.7 Å². The zero-order chi connectivity index (χ0) is 19.3. The zero-order valence-electron chi connectivity index (χ0n) is 16.2. The average Bonchev–Trinajstić information content (AvgIpc) is 3.39. The van der Waals surface area contributed by atoms with Crippen LogP contribution in [0.2, 0.25) is 0 Å². The van der Waals surface area contributed by atoms with Crippen LogP contribution in [0.5, 0.6) is 0 Å². The summed E-state index contributed by atoms with van der Waals surface area (Å²) < 4.78 is 0. The standard InChI is InChI=1S/C22H27N3O3/c26-18(24-10-8-23(9-11-24)13-15-4-2-1-3-5-15)14-25-21(27)19-16-6-7-17(12-16)20(19)22(25)28/h1-5,16-17,19-20H,6-14H2/p+1/t16-,17-,19-,20+/m0/s1. The molecular formula is C22H28N3O3+. The topological polar surface area (TPSA) is 62.1 Å². The number of benzene rings is 1. The molecule has 0 aromatic heterocycles. The van der Waals surface area contributed by atoms with Crippen molar-refractivity contribution in [1.29, 1.82) is 0 Å². The number of hydrogen-bond acceptors (Lipinski definition) is 3. The fourth-order valence-electron chi connectivity index (χ4n) is 6.00. The third kappa shape index (κ3) is 2.94. The normalized spacial score (nSPS) is 32.3. The van der Waals surface area contributed by atoms with Crippen molar-refractivity contribution >= 4 is 17.7 Å². The maximum Gasteiger partial charge on any atom is 0.243 e. The smallest absolute Gasteiger partial charge is 0.243 e. The molecule has 3 amide bonds. The molecule has 1 aromatic rings. The van der Waals surface area contributed by atoms with E-state index in [1.54, 1.807) is 0 Å². The molecule has 28 heavy (non-hydrogen) atoms. The number of nitrogens with one attached hydrogen (secondary N) is 1. The first kappa shape index (κ1) is 17.9. The summed E-state index contributed by atoms with van der Waals surface area (Å²) in [6, 6.07) is 10.4. The molecule has 0 radical (unpaired) electrons. The second kappa shape index (κ2) is 6.99. The third-order valence-corrected chi connectivity index (χ3v) is 7.43. The highest BCUT2D eigenvalue weighted by Gasteiger charge is 2.61. The summed E-state index contributed by atoms with van der Waals surface area (Å²) in [5, 5.41) is 0. The predicted molar refractivity (Wildman–Crippen MR) is 102 cm³/mol. The minimum Gasteiger partial charge on any atom is -0.330 e. The first-order valence-corrected chi connectivity index (χ1v) is 10.6. The highest BCUT2D eigenvalue weighted by molar-refractivity contribution is 6.08. The van der Waals surface area contributed by atoms with E-state index in [1.165, 1.54) is 15.4 Å². The van der Waals surface area contributed by atoms with Crippen molar-refractivity contribution in [2.45, 2.75) is 25.8 Å². The van der Waals surface area contributed by atoms with Gasteiger partial charge in [0.05, 0.1) is 38.0 Å². The van der Waals surface area contributed by atoms with Crippen molar-refractivity contribution in [3.63, 3.8) is 0 Å². The van der Waals surface area contributed by atoms with Gasteiger partial charge in [-0.15, -0.1) is 0 Å². The monoisotopic (exact) mass is 382 g/mol. The van der Waals surface area contributed by atoms with E-state index in [-0.39, 0.29) is 36.1 Å². The minimum atomic E-state index is -0.133. The summed E-state index contributed by atoms with van der Waals surface area (Å²) >= 11 is 0. The highest BCUT2D eigenvalue weighted by Crippen LogP contribution is 2.56. The quantitative estimate of drug-likeness (QED) is 0.743. The van der Waals surface area contributed by atoms with E-state index < -0.39 is 0 Å². The predicted octanol–water partition coefficient (Wildman–Crippen LogP) is -0.0552. The Labute approximate surface area is 165 Å². The number of carbonyl (C=O) groups excluding carboxylic acids is 3. The van der Waals surface area contributed by atoms with E-state index in [1.807, 2.05) is 11.0 Å². The third-order valence-electron chi connectivity index (χ3n) is 7.43. The molecule has 0 spiro atoms. The lowest BCUT2D eigenvalue weighted by atomic mass is 9.81. The van der Waals surface area contributed by atoms with Crippen molar-refractivity contribution < 1.29 is 19.3 Å². The Morgan fingerprint density at radius 1 is 0.964 bits per heavy atom. The van der Waals surface area contributed by atoms with Crippen LogP contribution in [0.4, 0.5) is 0 Å². The lowest BCUT2D eigenvalue weighted by Crippen LogP contribution is -3.13. The number of amides is 3. The molecule has 6 heteroatoms. The molecule has 4 fully saturated rings. The summed E-state index contributed by atoms with van der Waals surface area (Å²) in [5.41, 5.74) is 1.31. The number of hydrogen-bond donors (Lipinski definition) is 1. The Balaban J connectivity index is 1.16. The van der Waals surface area contributed by atoms with Crippen molar-refractivity contribution in [3.8, 4) is 0 Å². The summed E-state index contributed by atoms with van der Waals surface area (Å²) in [5.74, 6) is 0.242. The molecule has 2 aliphatic carbocycles. The van der Waals surface area contributed by atoms with Crippen LogP contribution in [-0.4, -0.2) is 60.2 Å². The molecule has 2 heterocycles. The molecule has 4 atom stereocenters. The Morgan fingerprint density at radius 3 is 2.18 bits per heavy atom. The van der Waals surface area contributed by atoms with Gasteiger partial charge >= 0.3 is 0 Å². The molecule has 4 aliphatic rings. The van der Waals surface area contributed by atoms with Gasteiger partial charge in [-0.05, 0) is 31.1 Å².